The number of pyridine rings is 2. The van der Waals surface area contributed by atoms with Crippen LogP contribution in [-0.2, 0) is 4.79 Å². The predicted octanol–water partition coefficient (Wildman–Crippen LogP) is 1.84. The van der Waals surface area contributed by atoms with E-state index in [4.69, 9.17) is 0 Å². The third-order valence-electron chi connectivity index (χ3n) is 4.14. The van der Waals surface area contributed by atoms with Crippen molar-refractivity contribution in [1.82, 2.24) is 9.97 Å². The normalized spacial score (nSPS) is 16.4. The van der Waals surface area contributed by atoms with E-state index in [9.17, 15) is 14.7 Å². The molecule has 1 fully saturated rings. The first-order valence-electron chi connectivity index (χ1n) is 7.10. The number of hydrogen-bond donors (Lipinski definition) is 3. The van der Waals surface area contributed by atoms with Crippen molar-refractivity contribution in [2.45, 2.75) is 19.3 Å². The molecule has 1 atom stereocenters. The van der Waals surface area contributed by atoms with Crippen molar-refractivity contribution in [3.63, 3.8) is 0 Å². The Morgan fingerprint density at radius 3 is 3.00 bits per heavy atom. The van der Waals surface area contributed by atoms with Crippen LogP contribution in [0.15, 0.2) is 29.2 Å². The number of hydrogen-bond acceptors (Lipinski definition) is 4. The van der Waals surface area contributed by atoms with E-state index < -0.39 is 11.9 Å². The molecule has 0 spiro atoms. The van der Waals surface area contributed by atoms with Crippen molar-refractivity contribution in [2.24, 2.45) is 11.8 Å². The lowest BCUT2D eigenvalue weighted by atomic mass is 9.76. The molecular formula is C15H17N3O3. The van der Waals surface area contributed by atoms with Crippen LogP contribution in [0.3, 0.4) is 0 Å². The third kappa shape index (κ3) is 2.74. The molecule has 6 heteroatoms. The molecule has 3 N–H and O–H groups in total. The van der Waals surface area contributed by atoms with Crippen LogP contribution in [0.1, 0.15) is 19.3 Å². The van der Waals surface area contributed by atoms with Gasteiger partial charge in [0.1, 0.15) is 5.52 Å². The molecule has 0 aliphatic heterocycles. The second kappa shape index (κ2) is 5.55. The lowest BCUT2D eigenvalue weighted by Gasteiger charge is -2.31. The molecule has 1 saturated carbocycles. The van der Waals surface area contributed by atoms with Gasteiger partial charge >= 0.3 is 5.97 Å². The summed E-state index contributed by atoms with van der Waals surface area (Å²) >= 11 is 0. The fourth-order valence-corrected chi connectivity index (χ4v) is 2.74. The zero-order valence-corrected chi connectivity index (χ0v) is 11.5. The summed E-state index contributed by atoms with van der Waals surface area (Å²) in [6.07, 6.45) is 4.68. The highest BCUT2D eigenvalue weighted by Gasteiger charge is 2.32. The molecule has 1 aliphatic carbocycles. The number of aromatic nitrogens is 2. The van der Waals surface area contributed by atoms with Gasteiger partial charge in [0.25, 0.3) is 5.56 Å². The monoisotopic (exact) mass is 287 g/mol. The first kappa shape index (κ1) is 13.6. The van der Waals surface area contributed by atoms with Crippen LogP contribution in [0.5, 0.6) is 0 Å². The molecule has 2 aromatic heterocycles. The molecule has 3 rings (SSSR count). The second-order valence-electron chi connectivity index (χ2n) is 5.46. The number of carboxylic acids is 1. The predicted molar refractivity (Wildman–Crippen MR) is 79.3 cm³/mol. The minimum Gasteiger partial charge on any atom is -0.481 e. The minimum absolute atomic E-state index is 0.228. The molecule has 1 aliphatic rings. The van der Waals surface area contributed by atoms with Crippen molar-refractivity contribution in [2.75, 3.05) is 11.9 Å². The molecule has 1 unspecified atom stereocenters. The van der Waals surface area contributed by atoms with Gasteiger partial charge in [0.05, 0.1) is 17.1 Å². The highest BCUT2D eigenvalue weighted by atomic mass is 16.4. The van der Waals surface area contributed by atoms with Gasteiger partial charge < -0.3 is 15.4 Å². The van der Waals surface area contributed by atoms with Crippen molar-refractivity contribution in [3.8, 4) is 0 Å². The second-order valence-corrected chi connectivity index (χ2v) is 5.46. The van der Waals surface area contributed by atoms with Crippen LogP contribution in [0.2, 0.25) is 0 Å². The van der Waals surface area contributed by atoms with Crippen molar-refractivity contribution in [3.05, 3.63) is 34.7 Å². The van der Waals surface area contributed by atoms with Crippen LogP contribution in [0, 0.1) is 11.8 Å². The van der Waals surface area contributed by atoms with Crippen LogP contribution in [-0.4, -0.2) is 27.6 Å². The number of anilines is 1. The van der Waals surface area contributed by atoms with E-state index in [2.05, 4.69) is 15.3 Å². The van der Waals surface area contributed by atoms with Crippen molar-refractivity contribution < 1.29 is 9.90 Å². The zero-order valence-electron chi connectivity index (χ0n) is 11.5. The maximum Gasteiger partial charge on any atom is 0.308 e. The number of carbonyl (C=O) groups is 1. The van der Waals surface area contributed by atoms with Gasteiger partial charge in [-0.2, -0.15) is 0 Å². The Labute approximate surface area is 121 Å². The summed E-state index contributed by atoms with van der Waals surface area (Å²) in [6, 6.07) is 4.95. The Bertz CT molecular complexity index is 721. The minimum atomic E-state index is -0.783. The largest absolute Gasteiger partial charge is 0.481 e. The molecule has 21 heavy (non-hydrogen) atoms. The van der Waals surface area contributed by atoms with Crippen molar-refractivity contribution in [1.29, 1.82) is 0 Å². The molecular weight excluding hydrogens is 270 g/mol. The summed E-state index contributed by atoms with van der Waals surface area (Å²) in [6.45, 7) is 0.315. The van der Waals surface area contributed by atoms with Crippen LogP contribution in [0.25, 0.3) is 11.0 Å². The Morgan fingerprint density at radius 1 is 1.52 bits per heavy atom. The average molecular weight is 287 g/mol. The van der Waals surface area contributed by atoms with Crippen molar-refractivity contribution >= 4 is 22.7 Å². The topological polar surface area (TPSA) is 95.1 Å². The molecule has 0 bridgehead atoms. The van der Waals surface area contributed by atoms with Gasteiger partial charge in [0.15, 0.2) is 0 Å². The van der Waals surface area contributed by atoms with Crippen LogP contribution < -0.4 is 10.9 Å². The first-order valence-corrected chi connectivity index (χ1v) is 7.10. The summed E-state index contributed by atoms with van der Waals surface area (Å²) in [5.74, 6) is -0.970. The van der Waals surface area contributed by atoms with Crippen LogP contribution >= 0.6 is 0 Å². The van der Waals surface area contributed by atoms with Gasteiger partial charge in [-0.3, -0.25) is 14.6 Å². The smallest absolute Gasteiger partial charge is 0.308 e. The fraction of sp³-hybridized carbons (Fsp3) is 0.400. The van der Waals surface area contributed by atoms with E-state index in [-0.39, 0.29) is 11.5 Å². The van der Waals surface area contributed by atoms with Gasteiger partial charge in [-0.05, 0) is 30.9 Å². The molecule has 2 aromatic rings. The zero-order chi connectivity index (χ0) is 14.8. The van der Waals surface area contributed by atoms with E-state index in [1.807, 2.05) is 0 Å². The number of H-pyrrole nitrogens is 1. The Balaban J connectivity index is 1.84. The highest BCUT2D eigenvalue weighted by molar-refractivity contribution is 5.87. The quantitative estimate of drug-likeness (QED) is 0.780. The van der Waals surface area contributed by atoms with Gasteiger partial charge in [0.2, 0.25) is 0 Å². The van der Waals surface area contributed by atoms with E-state index >= 15 is 0 Å². The molecule has 0 amide bonds. The fourth-order valence-electron chi connectivity index (χ4n) is 2.74. The number of carboxylic acid groups (broad SMARTS) is 1. The maximum absolute atomic E-state index is 11.6. The molecule has 0 radical (unpaired) electrons. The SMILES string of the molecule is O=C(O)C(CNc1cc(=O)[nH]c2cccnc12)C1CCC1. The summed E-state index contributed by atoms with van der Waals surface area (Å²) in [7, 11) is 0. The Kier molecular flexibility index (Phi) is 3.60. The Morgan fingerprint density at radius 2 is 2.33 bits per heavy atom. The molecule has 6 nitrogen and oxygen atoms in total. The average Bonchev–Trinajstić information content (AvgIpc) is 2.40. The van der Waals surface area contributed by atoms with E-state index in [1.54, 1.807) is 18.3 Å². The molecule has 0 saturated heterocycles. The van der Waals surface area contributed by atoms with Gasteiger partial charge in [-0.25, -0.2) is 0 Å². The number of aliphatic carboxylic acids is 1. The summed E-state index contributed by atoms with van der Waals surface area (Å²) < 4.78 is 0. The van der Waals surface area contributed by atoms with E-state index in [0.717, 1.165) is 19.3 Å². The maximum atomic E-state index is 11.6. The number of fused-ring (bicyclic) bond motifs is 1. The number of nitrogens with one attached hydrogen (secondary N) is 2. The molecule has 0 aromatic carbocycles. The first-order chi connectivity index (χ1) is 10.1. The van der Waals surface area contributed by atoms with E-state index in [0.29, 0.717) is 23.3 Å². The lowest BCUT2D eigenvalue weighted by Crippen LogP contribution is -2.34. The lowest BCUT2D eigenvalue weighted by molar-refractivity contribution is -0.144. The molecule has 2 heterocycles. The summed E-state index contributed by atoms with van der Waals surface area (Å²) in [5.41, 5.74) is 1.64. The molecule has 110 valence electrons. The number of nitrogens with zero attached hydrogens (tertiary/aromatic N) is 1. The van der Waals surface area contributed by atoms with Gasteiger partial charge in [-0.1, -0.05) is 6.42 Å². The highest BCUT2D eigenvalue weighted by Crippen LogP contribution is 2.34. The number of aromatic amines is 1. The third-order valence-corrected chi connectivity index (χ3v) is 4.14. The van der Waals surface area contributed by atoms with Gasteiger partial charge in [0, 0.05) is 18.8 Å². The number of rotatable bonds is 5. The Hall–Kier alpha value is -2.37. The standard InChI is InChI=1S/C15H17N3O3/c19-13-7-12(14-11(18-13)5-2-6-16-14)17-8-10(15(20)21)9-3-1-4-9/h2,5-7,9-10H,1,3-4,8H2,(H,20,21)(H2,17,18,19). The van der Waals surface area contributed by atoms with Gasteiger partial charge in [-0.15, -0.1) is 0 Å². The van der Waals surface area contributed by atoms with E-state index in [1.165, 1.54) is 6.07 Å². The summed E-state index contributed by atoms with van der Waals surface area (Å²) in [5, 5.41) is 12.4. The van der Waals surface area contributed by atoms with Crippen LogP contribution in [0.4, 0.5) is 5.69 Å². The summed E-state index contributed by atoms with van der Waals surface area (Å²) in [4.78, 5) is 30.0.